The van der Waals surface area contributed by atoms with Crippen LogP contribution in [0.2, 0.25) is 0 Å². The predicted octanol–water partition coefficient (Wildman–Crippen LogP) is 3.67. The molecule has 2 aliphatic rings. The number of hydrogen-bond acceptors (Lipinski definition) is 3. The summed E-state index contributed by atoms with van der Waals surface area (Å²) in [5, 5.41) is 0. The van der Waals surface area contributed by atoms with Gasteiger partial charge in [0.05, 0.1) is 18.4 Å². The van der Waals surface area contributed by atoms with Crippen molar-refractivity contribution in [2.75, 3.05) is 6.61 Å². The summed E-state index contributed by atoms with van der Waals surface area (Å²) in [5.74, 6) is -0.0527. The second-order valence-electron chi connectivity index (χ2n) is 7.81. The van der Waals surface area contributed by atoms with Crippen LogP contribution in [0.4, 0.5) is 0 Å². The van der Waals surface area contributed by atoms with E-state index in [4.69, 9.17) is 4.74 Å². The van der Waals surface area contributed by atoms with E-state index < -0.39 is 0 Å². The summed E-state index contributed by atoms with van der Waals surface area (Å²) in [5.41, 5.74) is 1.14. The fraction of sp³-hybridized carbons (Fsp3) is 0.545. The Morgan fingerprint density at radius 3 is 2.50 bits per heavy atom. The molecule has 1 heterocycles. The van der Waals surface area contributed by atoms with E-state index in [1.165, 1.54) is 0 Å². The van der Waals surface area contributed by atoms with Crippen LogP contribution in [0.5, 0.6) is 0 Å². The monoisotopic (exact) mass is 355 g/mol. The van der Waals surface area contributed by atoms with Crippen molar-refractivity contribution in [3.63, 3.8) is 0 Å². The maximum absolute atomic E-state index is 13.3. The number of carbonyl (C=O) groups excluding carboxylic acids is 2. The van der Waals surface area contributed by atoms with Gasteiger partial charge in [0.15, 0.2) is 0 Å². The average molecular weight is 355 g/mol. The molecular weight excluding hydrogens is 326 g/mol. The molecule has 0 saturated carbocycles. The van der Waals surface area contributed by atoms with Crippen molar-refractivity contribution in [3.05, 3.63) is 48.0 Å². The molecule has 26 heavy (non-hydrogen) atoms. The van der Waals surface area contributed by atoms with Crippen LogP contribution in [-0.2, 0) is 20.9 Å². The molecule has 0 radical (unpaired) electrons. The summed E-state index contributed by atoms with van der Waals surface area (Å²) in [6.07, 6.45) is 4.07. The van der Waals surface area contributed by atoms with Crippen LogP contribution in [0.3, 0.4) is 0 Å². The zero-order valence-electron chi connectivity index (χ0n) is 16.1. The van der Waals surface area contributed by atoms with E-state index in [0.717, 1.165) is 5.56 Å². The molecule has 0 bridgehead atoms. The molecule has 0 N–H and O–H groups in total. The number of amides is 1. The zero-order chi connectivity index (χ0) is 18.8. The first-order valence-corrected chi connectivity index (χ1v) is 9.65. The van der Waals surface area contributed by atoms with E-state index in [1.807, 2.05) is 43.0 Å². The van der Waals surface area contributed by atoms with Gasteiger partial charge in [0.2, 0.25) is 5.91 Å². The van der Waals surface area contributed by atoms with Crippen LogP contribution in [0.15, 0.2) is 42.5 Å². The minimum atomic E-state index is -0.329. The average Bonchev–Trinajstić information content (AvgIpc) is 2.89. The molecule has 1 aromatic carbocycles. The van der Waals surface area contributed by atoms with Crippen LogP contribution in [0, 0.1) is 29.6 Å². The highest BCUT2D eigenvalue weighted by atomic mass is 16.5. The van der Waals surface area contributed by atoms with Crippen molar-refractivity contribution >= 4 is 11.9 Å². The van der Waals surface area contributed by atoms with Crippen molar-refractivity contribution < 1.29 is 14.3 Å². The highest BCUT2D eigenvalue weighted by Crippen LogP contribution is 2.46. The summed E-state index contributed by atoms with van der Waals surface area (Å²) in [7, 11) is 0. The van der Waals surface area contributed by atoms with Crippen molar-refractivity contribution in [1.29, 1.82) is 0 Å². The lowest BCUT2D eigenvalue weighted by Gasteiger charge is -2.34. The van der Waals surface area contributed by atoms with E-state index in [2.05, 4.69) is 32.1 Å². The fourth-order valence-corrected chi connectivity index (χ4v) is 4.68. The number of esters is 1. The Kier molecular flexibility index (Phi) is 5.49. The van der Waals surface area contributed by atoms with Gasteiger partial charge in [-0.25, -0.2) is 0 Å². The van der Waals surface area contributed by atoms with Gasteiger partial charge in [-0.1, -0.05) is 63.3 Å². The molecule has 1 aliphatic carbocycles. The van der Waals surface area contributed by atoms with Crippen molar-refractivity contribution in [2.24, 2.45) is 29.6 Å². The van der Waals surface area contributed by atoms with Gasteiger partial charge in [0.25, 0.3) is 0 Å². The van der Waals surface area contributed by atoms with E-state index in [9.17, 15) is 9.59 Å². The molecule has 0 unspecified atom stereocenters. The van der Waals surface area contributed by atoms with E-state index in [1.54, 1.807) is 0 Å². The third-order valence-corrected chi connectivity index (χ3v) is 5.85. The Hall–Kier alpha value is -2.10. The molecule has 5 atom stereocenters. The molecule has 4 heteroatoms. The topological polar surface area (TPSA) is 46.6 Å². The Labute approximate surface area is 156 Å². The lowest BCUT2D eigenvalue weighted by atomic mass is 9.70. The van der Waals surface area contributed by atoms with Gasteiger partial charge in [-0.3, -0.25) is 9.59 Å². The Morgan fingerprint density at radius 2 is 1.88 bits per heavy atom. The molecule has 0 spiro atoms. The van der Waals surface area contributed by atoms with E-state index >= 15 is 0 Å². The Balaban J connectivity index is 1.89. The highest BCUT2D eigenvalue weighted by molar-refractivity contribution is 5.85. The quantitative estimate of drug-likeness (QED) is 0.598. The van der Waals surface area contributed by atoms with Crippen LogP contribution >= 0.6 is 0 Å². The Morgan fingerprint density at radius 1 is 1.19 bits per heavy atom. The number of likely N-dealkylation sites (tertiary alicyclic amines) is 1. The predicted molar refractivity (Wildman–Crippen MR) is 101 cm³/mol. The molecular formula is C22H29NO3. The first-order chi connectivity index (χ1) is 12.5. The summed E-state index contributed by atoms with van der Waals surface area (Å²) in [4.78, 5) is 27.7. The van der Waals surface area contributed by atoms with Gasteiger partial charge in [-0.2, -0.15) is 0 Å². The summed E-state index contributed by atoms with van der Waals surface area (Å²) >= 11 is 0. The first kappa shape index (κ1) is 18.7. The maximum atomic E-state index is 13.3. The largest absolute Gasteiger partial charge is 0.466 e. The number of hydrogen-bond donors (Lipinski definition) is 0. The number of ether oxygens (including phenoxy) is 1. The molecule has 3 rings (SSSR count). The number of rotatable bonds is 5. The number of fused-ring (bicyclic) bond motifs is 1. The lowest BCUT2D eigenvalue weighted by molar-refractivity contribution is -0.149. The molecule has 1 aliphatic heterocycles. The summed E-state index contributed by atoms with van der Waals surface area (Å²) in [6, 6.07) is 10.3. The highest BCUT2D eigenvalue weighted by Gasteiger charge is 2.53. The molecule has 1 saturated heterocycles. The van der Waals surface area contributed by atoms with Gasteiger partial charge >= 0.3 is 5.97 Å². The SMILES string of the molecule is CCOC(=O)[C@@H]1C=C[C@H]2[C@H](C(=O)N(Cc3ccccc3)[C@H]2C(C)C)[C@H]1C. The molecule has 140 valence electrons. The zero-order valence-corrected chi connectivity index (χ0v) is 16.1. The maximum Gasteiger partial charge on any atom is 0.313 e. The van der Waals surface area contributed by atoms with Gasteiger partial charge in [-0.05, 0) is 24.3 Å². The molecule has 4 nitrogen and oxygen atoms in total. The van der Waals surface area contributed by atoms with Crippen molar-refractivity contribution in [2.45, 2.75) is 40.3 Å². The molecule has 1 fully saturated rings. The minimum Gasteiger partial charge on any atom is -0.466 e. The molecule has 1 amide bonds. The third kappa shape index (κ3) is 3.29. The summed E-state index contributed by atoms with van der Waals surface area (Å²) < 4.78 is 5.22. The van der Waals surface area contributed by atoms with E-state index in [-0.39, 0.29) is 41.6 Å². The minimum absolute atomic E-state index is 0.0430. The van der Waals surface area contributed by atoms with E-state index in [0.29, 0.717) is 19.1 Å². The van der Waals surface area contributed by atoms with Gasteiger partial charge in [0, 0.05) is 18.5 Å². The smallest absolute Gasteiger partial charge is 0.313 e. The number of benzene rings is 1. The van der Waals surface area contributed by atoms with Crippen LogP contribution in [0.25, 0.3) is 0 Å². The second kappa shape index (κ2) is 7.65. The first-order valence-electron chi connectivity index (χ1n) is 9.65. The fourth-order valence-electron chi connectivity index (χ4n) is 4.68. The lowest BCUT2D eigenvalue weighted by Crippen LogP contribution is -2.38. The standard InChI is InChI=1S/C22H29NO3/c1-5-26-22(25)17-11-12-18-19(15(17)4)21(24)23(20(18)14(2)3)13-16-9-7-6-8-10-16/h6-12,14-15,17-20H,5,13H2,1-4H3/t15-,17+,18-,19+,20-/m0/s1. The Bertz CT molecular complexity index is 682. The second-order valence-corrected chi connectivity index (χ2v) is 7.81. The third-order valence-electron chi connectivity index (χ3n) is 5.85. The van der Waals surface area contributed by atoms with Crippen molar-refractivity contribution in [1.82, 2.24) is 4.90 Å². The van der Waals surface area contributed by atoms with Crippen LogP contribution in [0.1, 0.15) is 33.3 Å². The number of nitrogens with zero attached hydrogens (tertiary/aromatic N) is 1. The van der Waals surface area contributed by atoms with Gasteiger partial charge in [-0.15, -0.1) is 0 Å². The molecule has 0 aromatic heterocycles. The number of carbonyl (C=O) groups is 2. The van der Waals surface area contributed by atoms with Crippen molar-refractivity contribution in [3.8, 4) is 0 Å². The van der Waals surface area contributed by atoms with Crippen LogP contribution in [-0.4, -0.2) is 29.4 Å². The van der Waals surface area contributed by atoms with Gasteiger partial charge in [0.1, 0.15) is 0 Å². The summed E-state index contributed by atoms with van der Waals surface area (Å²) in [6.45, 7) is 9.18. The van der Waals surface area contributed by atoms with Crippen LogP contribution < -0.4 is 0 Å². The van der Waals surface area contributed by atoms with Gasteiger partial charge < -0.3 is 9.64 Å². The molecule has 1 aromatic rings. The normalized spacial score (nSPS) is 30.6.